The molecule has 3 N–H and O–H groups in total. The minimum Gasteiger partial charge on any atom is -0.464 e. The summed E-state index contributed by atoms with van der Waals surface area (Å²) in [7, 11) is 1.37. The van der Waals surface area contributed by atoms with Crippen LogP contribution < -0.4 is 15.2 Å². The molecular formula is C24H24NO4+. The molecule has 3 aromatic rings. The van der Waals surface area contributed by atoms with Crippen LogP contribution in [0.1, 0.15) is 23.6 Å². The van der Waals surface area contributed by atoms with Gasteiger partial charge in [0, 0.05) is 24.5 Å². The van der Waals surface area contributed by atoms with E-state index in [2.05, 4.69) is 5.73 Å². The second kappa shape index (κ2) is 7.26. The summed E-state index contributed by atoms with van der Waals surface area (Å²) in [6.07, 6.45) is 0.431. The molecule has 0 radical (unpaired) electrons. The van der Waals surface area contributed by atoms with Gasteiger partial charge < -0.3 is 19.9 Å². The maximum atomic E-state index is 12.0. The second-order valence-electron chi connectivity index (χ2n) is 7.56. The van der Waals surface area contributed by atoms with Gasteiger partial charge in [-0.3, -0.25) is 0 Å². The Kier molecular flexibility index (Phi) is 4.76. The summed E-state index contributed by atoms with van der Waals surface area (Å²) in [5.41, 5.74) is 5.86. The van der Waals surface area contributed by atoms with E-state index >= 15 is 0 Å². The van der Waals surface area contributed by atoms with Crippen molar-refractivity contribution in [3.05, 3.63) is 95.6 Å². The lowest BCUT2D eigenvalue weighted by molar-refractivity contribution is -0.456. The molecule has 1 aliphatic heterocycles. The third-order valence-electron chi connectivity index (χ3n) is 5.10. The van der Waals surface area contributed by atoms with Crippen molar-refractivity contribution in [2.45, 2.75) is 24.7 Å². The Morgan fingerprint density at radius 1 is 0.931 bits per heavy atom. The molecule has 0 fully saturated rings. The normalized spacial score (nSPS) is 16.1. The largest absolute Gasteiger partial charge is 0.464 e. The molecule has 0 spiro atoms. The molecule has 148 valence electrons. The van der Waals surface area contributed by atoms with Crippen LogP contribution in [0.25, 0.3) is 0 Å². The molecule has 1 unspecified atom stereocenters. The van der Waals surface area contributed by atoms with Crippen molar-refractivity contribution in [2.75, 3.05) is 7.11 Å². The molecule has 1 heterocycles. The lowest BCUT2D eigenvalue weighted by Crippen LogP contribution is -2.76. The molecule has 0 saturated heterocycles. The van der Waals surface area contributed by atoms with Crippen molar-refractivity contribution >= 4 is 5.97 Å². The molecule has 0 aromatic heterocycles. The van der Waals surface area contributed by atoms with E-state index in [4.69, 9.17) is 14.2 Å². The molecule has 5 nitrogen and oxygen atoms in total. The highest BCUT2D eigenvalue weighted by molar-refractivity contribution is 5.78. The van der Waals surface area contributed by atoms with E-state index in [-0.39, 0.29) is 5.97 Å². The summed E-state index contributed by atoms with van der Waals surface area (Å²) in [4.78, 5) is 12.0. The summed E-state index contributed by atoms with van der Waals surface area (Å²) < 4.78 is 17.7. The van der Waals surface area contributed by atoms with Crippen molar-refractivity contribution in [1.29, 1.82) is 0 Å². The SMILES string of the molecule is COC(=O)C(C)([NH3+])Cc1ccc2c(c1)OC(c1ccccc1)(c1ccccc1)O2. The van der Waals surface area contributed by atoms with Gasteiger partial charge in [-0.1, -0.05) is 66.7 Å². The lowest BCUT2D eigenvalue weighted by atomic mass is 9.94. The molecule has 0 aliphatic carbocycles. The second-order valence-corrected chi connectivity index (χ2v) is 7.56. The van der Waals surface area contributed by atoms with Gasteiger partial charge in [0.25, 0.3) is 0 Å². The molecule has 1 atom stereocenters. The number of carbonyl (C=O) groups excluding carboxylic acids is 1. The smallest absolute Gasteiger partial charge is 0.367 e. The maximum absolute atomic E-state index is 12.0. The predicted molar refractivity (Wildman–Crippen MR) is 108 cm³/mol. The summed E-state index contributed by atoms with van der Waals surface area (Å²) in [6, 6.07) is 25.5. The van der Waals surface area contributed by atoms with Crippen LogP contribution in [0.5, 0.6) is 11.5 Å². The van der Waals surface area contributed by atoms with Crippen LogP contribution in [0.15, 0.2) is 78.9 Å². The van der Waals surface area contributed by atoms with Gasteiger partial charge in [0.15, 0.2) is 17.0 Å². The van der Waals surface area contributed by atoms with Crippen molar-refractivity contribution in [3.8, 4) is 11.5 Å². The van der Waals surface area contributed by atoms with Crippen LogP contribution in [-0.2, 0) is 21.7 Å². The number of hydrogen-bond donors (Lipinski definition) is 1. The van der Waals surface area contributed by atoms with E-state index < -0.39 is 11.3 Å². The van der Waals surface area contributed by atoms with Gasteiger partial charge in [-0.25, -0.2) is 4.79 Å². The molecule has 0 amide bonds. The van der Waals surface area contributed by atoms with E-state index in [1.54, 1.807) is 6.92 Å². The maximum Gasteiger partial charge on any atom is 0.367 e. The number of methoxy groups -OCH3 is 1. The average molecular weight is 390 g/mol. The third kappa shape index (κ3) is 3.45. The molecular weight excluding hydrogens is 366 g/mol. The van der Waals surface area contributed by atoms with Gasteiger partial charge >= 0.3 is 11.8 Å². The monoisotopic (exact) mass is 390 g/mol. The first-order valence-electron chi connectivity index (χ1n) is 9.50. The Labute approximate surface area is 170 Å². The minimum absolute atomic E-state index is 0.349. The first-order valence-corrected chi connectivity index (χ1v) is 9.50. The van der Waals surface area contributed by atoms with E-state index in [0.717, 1.165) is 16.7 Å². The number of benzene rings is 3. The number of hydrogen-bond acceptors (Lipinski definition) is 4. The van der Waals surface area contributed by atoms with Crippen LogP contribution in [0.3, 0.4) is 0 Å². The first-order chi connectivity index (χ1) is 13.9. The summed E-state index contributed by atoms with van der Waals surface area (Å²) >= 11 is 0. The van der Waals surface area contributed by atoms with E-state index in [9.17, 15) is 4.79 Å². The Morgan fingerprint density at radius 2 is 1.48 bits per heavy atom. The van der Waals surface area contributed by atoms with Crippen molar-refractivity contribution in [3.63, 3.8) is 0 Å². The topological polar surface area (TPSA) is 72.4 Å². The molecule has 0 bridgehead atoms. The van der Waals surface area contributed by atoms with Crippen molar-refractivity contribution < 1.29 is 24.7 Å². The molecule has 3 aromatic carbocycles. The van der Waals surface area contributed by atoms with Crippen LogP contribution in [0, 0.1) is 0 Å². The average Bonchev–Trinajstić information content (AvgIpc) is 3.14. The van der Waals surface area contributed by atoms with Gasteiger partial charge in [0.1, 0.15) is 0 Å². The number of fused-ring (bicyclic) bond motifs is 1. The molecule has 1 aliphatic rings. The van der Waals surface area contributed by atoms with Crippen molar-refractivity contribution in [2.24, 2.45) is 0 Å². The fraction of sp³-hybridized carbons (Fsp3) is 0.208. The van der Waals surface area contributed by atoms with Gasteiger partial charge in [-0.2, -0.15) is 0 Å². The molecule has 4 rings (SSSR count). The number of ether oxygens (including phenoxy) is 3. The summed E-state index contributed by atoms with van der Waals surface area (Å²) in [5, 5.41) is 0. The van der Waals surface area contributed by atoms with E-state index in [1.165, 1.54) is 7.11 Å². The number of rotatable bonds is 5. The van der Waals surface area contributed by atoms with E-state index in [0.29, 0.717) is 17.9 Å². The Balaban J connectivity index is 1.71. The third-order valence-corrected chi connectivity index (χ3v) is 5.10. The molecule has 5 heteroatoms. The summed E-state index contributed by atoms with van der Waals surface area (Å²) in [5.74, 6) is -0.112. The van der Waals surface area contributed by atoms with Gasteiger partial charge in [0.05, 0.1) is 7.11 Å². The fourth-order valence-corrected chi connectivity index (χ4v) is 3.64. The van der Waals surface area contributed by atoms with Gasteiger partial charge in [-0.15, -0.1) is 0 Å². The minimum atomic E-state index is -1.06. The standard InChI is InChI=1S/C24H23NO4/c1-23(25,22(26)27-2)16-17-13-14-20-21(15-17)29-24(28-20,18-9-5-3-6-10-18)19-11-7-4-8-12-19/h3-15H,16,25H2,1-2H3/p+1. The zero-order chi connectivity index (χ0) is 20.5. The van der Waals surface area contributed by atoms with Crippen LogP contribution >= 0.6 is 0 Å². The first kappa shape index (κ1) is 19.0. The van der Waals surface area contributed by atoms with Crippen LogP contribution in [0.4, 0.5) is 0 Å². The quantitative estimate of drug-likeness (QED) is 0.680. The van der Waals surface area contributed by atoms with Crippen LogP contribution in [0.2, 0.25) is 0 Å². The highest BCUT2D eigenvalue weighted by Crippen LogP contribution is 2.48. The zero-order valence-corrected chi connectivity index (χ0v) is 16.6. The molecule has 0 saturated carbocycles. The zero-order valence-electron chi connectivity index (χ0n) is 16.6. The Bertz CT molecular complexity index is 976. The number of esters is 1. The predicted octanol–water partition coefficient (Wildman–Crippen LogP) is 3.08. The highest BCUT2D eigenvalue weighted by Gasteiger charge is 2.45. The summed E-state index contributed by atoms with van der Waals surface area (Å²) in [6.45, 7) is 1.77. The Morgan fingerprint density at radius 3 is 2.03 bits per heavy atom. The van der Waals surface area contributed by atoms with Crippen molar-refractivity contribution in [1.82, 2.24) is 0 Å². The number of quaternary nitrogens is 1. The number of carbonyl (C=O) groups is 1. The highest BCUT2D eigenvalue weighted by atomic mass is 16.7. The lowest BCUT2D eigenvalue weighted by Gasteiger charge is -2.28. The van der Waals surface area contributed by atoms with Gasteiger partial charge in [-0.05, 0) is 17.7 Å². The van der Waals surface area contributed by atoms with Gasteiger partial charge in [0.2, 0.25) is 0 Å². The van der Waals surface area contributed by atoms with Crippen LogP contribution in [-0.4, -0.2) is 18.6 Å². The van der Waals surface area contributed by atoms with E-state index in [1.807, 2.05) is 78.9 Å². The fourth-order valence-electron chi connectivity index (χ4n) is 3.64. The molecule has 29 heavy (non-hydrogen) atoms. The Hall–Kier alpha value is -3.31.